The van der Waals surface area contributed by atoms with Gasteiger partial charge < -0.3 is 4.74 Å². The van der Waals surface area contributed by atoms with Gasteiger partial charge in [0.15, 0.2) is 0 Å². The molecule has 2 heteroatoms. The molecule has 78 valence electrons. The molecule has 1 aromatic carbocycles. The monoisotopic (exact) mass is 202 g/mol. The summed E-state index contributed by atoms with van der Waals surface area (Å²) in [6, 6.07) is 7.47. The lowest BCUT2D eigenvalue weighted by molar-refractivity contribution is 0.0714. The average Bonchev–Trinajstić information content (AvgIpc) is 2.42. The molecular weight excluding hydrogens is 188 g/mol. The first kappa shape index (κ1) is 9.97. The standard InChI is InChI=1S/C13H14O2/c1-13(2,3)8-11-9-6-4-5-7-10(9)12(14)15-11/h4-8H,1-3H3/b11-8-. The van der Waals surface area contributed by atoms with Gasteiger partial charge in [0.1, 0.15) is 5.76 Å². The first-order valence-corrected chi connectivity index (χ1v) is 5.02. The van der Waals surface area contributed by atoms with Crippen molar-refractivity contribution in [1.29, 1.82) is 0 Å². The van der Waals surface area contributed by atoms with Gasteiger partial charge in [0.25, 0.3) is 0 Å². The summed E-state index contributed by atoms with van der Waals surface area (Å²) < 4.78 is 5.23. The molecule has 0 amide bonds. The van der Waals surface area contributed by atoms with Crippen LogP contribution in [0.25, 0.3) is 5.76 Å². The number of carbonyl (C=O) groups excluding carboxylic acids is 1. The Labute approximate surface area is 89.6 Å². The van der Waals surface area contributed by atoms with Crippen LogP contribution in [-0.2, 0) is 4.74 Å². The molecule has 0 atom stereocenters. The fourth-order valence-corrected chi connectivity index (χ4v) is 1.59. The number of hydrogen-bond acceptors (Lipinski definition) is 2. The molecule has 1 aliphatic heterocycles. The van der Waals surface area contributed by atoms with Crippen molar-refractivity contribution >= 4 is 11.7 Å². The second-order valence-corrected chi connectivity index (χ2v) is 4.81. The summed E-state index contributed by atoms with van der Waals surface area (Å²) >= 11 is 0. The van der Waals surface area contributed by atoms with Crippen molar-refractivity contribution in [2.75, 3.05) is 0 Å². The number of hydrogen-bond donors (Lipinski definition) is 0. The van der Waals surface area contributed by atoms with Crippen LogP contribution in [0.5, 0.6) is 0 Å². The number of esters is 1. The summed E-state index contributed by atoms with van der Waals surface area (Å²) in [5, 5.41) is 0. The van der Waals surface area contributed by atoms with Gasteiger partial charge in [-0.2, -0.15) is 0 Å². The molecule has 0 radical (unpaired) electrons. The molecule has 15 heavy (non-hydrogen) atoms. The summed E-state index contributed by atoms with van der Waals surface area (Å²) in [7, 11) is 0. The van der Waals surface area contributed by atoms with E-state index in [0.717, 1.165) is 5.56 Å². The lowest BCUT2D eigenvalue weighted by Crippen LogP contribution is -2.01. The molecular formula is C13H14O2. The Kier molecular flexibility index (Phi) is 2.14. The van der Waals surface area contributed by atoms with Crippen molar-refractivity contribution in [2.24, 2.45) is 5.41 Å². The molecule has 2 nitrogen and oxygen atoms in total. The zero-order chi connectivity index (χ0) is 11.1. The highest BCUT2D eigenvalue weighted by Crippen LogP contribution is 2.32. The number of allylic oxidation sites excluding steroid dienone is 1. The highest BCUT2D eigenvalue weighted by molar-refractivity contribution is 6.02. The molecule has 0 fully saturated rings. The smallest absolute Gasteiger partial charge is 0.344 e. The molecule has 0 unspecified atom stereocenters. The van der Waals surface area contributed by atoms with E-state index in [-0.39, 0.29) is 11.4 Å². The maximum absolute atomic E-state index is 11.5. The second-order valence-electron chi connectivity index (χ2n) is 4.81. The molecule has 1 heterocycles. The Morgan fingerprint density at radius 3 is 2.33 bits per heavy atom. The SMILES string of the molecule is CC(C)(C)/C=C1\OC(=O)c2ccccc21. The van der Waals surface area contributed by atoms with Gasteiger partial charge >= 0.3 is 5.97 Å². The zero-order valence-electron chi connectivity index (χ0n) is 9.20. The van der Waals surface area contributed by atoms with Crippen molar-refractivity contribution in [3.63, 3.8) is 0 Å². The van der Waals surface area contributed by atoms with Crippen LogP contribution in [0, 0.1) is 5.41 Å². The number of rotatable bonds is 0. The van der Waals surface area contributed by atoms with Crippen molar-refractivity contribution in [1.82, 2.24) is 0 Å². The lowest BCUT2D eigenvalue weighted by atomic mass is 9.94. The number of ether oxygens (including phenoxy) is 1. The number of cyclic esters (lactones) is 1. The van der Waals surface area contributed by atoms with Crippen molar-refractivity contribution < 1.29 is 9.53 Å². The van der Waals surface area contributed by atoms with Crippen molar-refractivity contribution in [2.45, 2.75) is 20.8 Å². The average molecular weight is 202 g/mol. The number of fused-ring (bicyclic) bond motifs is 1. The first-order valence-electron chi connectivity index (χ1n) is 5.02. The molecule has 0 aromatic heterocycles. The van der Waals surface area contributed by atoms with Gasteiger partial charge in [-0.15, -0.1) is 0 Å². The fraction of sp³-hybridized carbons (Fsp3) is 0.308. The highest BCUT2D eigenvalue weighted by atomic mass is 16.5. The highest BCUT2D eigenvalue weighted by Gasteiger charge is 2.26. The van der Waals surface area contributed by atoms with E-state index >= 15 is 0 Å². The maximum atomic E-state index is 11.5. The van der Waals surface area contributed by atoms with E-state index in [2.05, 4.69) is 20.8 Å². The third-order valence-electron chi connectivity index (χ3n) is 2.18. The van der Waals surface area contributed by atoms with Gasteiger partial charge in [0.05, 0.1) is 5.56 Å². The Bertz CT molecular complexity index is 436. The Balaban J connectivity index is 2.50. The minimum Gasteiger partial charge on any atom is -0.423 e. The molecule has 0 saturated carbocycles. The molecule has 0 N–H and O–H groups in total. The molecule has 0 saturated heterocycles. The quantitative estimate of drug-likeness (QED) is 0.604. The molecule has 0 spiro atoms. The Morgan fingerprint density at radius 2 is 1.73 bits per heavy atom. The van der Waals surface area contributed by atoms with Crippen LogP contribution < -0.4 is 0 Å². The summed E-state index contributed by atoms with van der Waals surface area (Å²) in [4.78, 5) is 11.5. The predicted octanol–water partition coefficient (Wildman–Crippen LogP) is 3.24. The molecule has 1 aromatic rings. The Hall–Kier alpha value is -1.57. The van der Waals surface area contributed by atoms with Crippen LogP contribution in [0.15, 0.2) is 30.3 Å². The molecule has 0 aliphatic carbocycles. The van der Waals surface area contributed by atoms with Gasteiger partial charge in [-0.05, 0) is 17.6 Å². The minimum atomic E-state index is -0.249. The molecule has 1 aliphatic rings. The number of carbonyl (C=O) groups is 1. The third-order valence-corrected chi connectivity index (χ3v) is 2.18. The molecule has 0 bridgehead atoms. The van der Waals surface area contributed by atoms with Crippen molar-refractivity contribution in [3.8, 4) is 0 Å². The van der Waals surface area contributed by atoms with Gasteiger partial charge in [-0.1, -0.05) is 39.0 Å². The van der Waals surface area contributed by atoms with Gasteiger partial charge in [0, 0.05) is 5.56 Å². The zero-order valence-corrected chi connectivity index (χ0v) is 9.20. The van der Waals surface area contributed by atoms with Crippen LogP contribution in [0.1, 0.15) is 36.7 Å². The number of benzene rings is 1. The summed E-state index contributed by atoms with van der Waals surface area (Å²) in [5.74, 6) is 0.434. The van der Waals surface area contributed by atoms with E-state index in [1.807, 2.05) is 24.3 Å². The lowest BCUT2D eigenvalue weighted by Gasteiger charge is -2.12. The predicted molar refractivity (Wildman–Crippen MR) is 59.3 cm³/mol. The Morgan fingerprint density at radius 1 is 1.13 bits per heavy atom. The van der Waals surface area contributed by atoms with Crippen LogP contribution >= 0.6 is 0 Å². The van der Waals surface area contributed by atoms with Crippen LogP contribution in [0.3, 0.4) is 0 Å². The first-order chi connectivity index (χ1) is 6.97. The van der Waals surface area contributed by atoms with Crippen LogP contribution in [0.4, 0.5) is 0 Å². The fourth-order valence-electron chi connectivity index (χ4n) is 1.59. The third kappa shape index (κ3) is 1.94. The van der Waals surface area contributed by atoms with Crippen molar-refractivity contribution in [3.05, 3.63) is 41.5 Å². The van der Waals surface area contributed by atoms with E-state index in [4.69, 9.17) is 4.74 Å². The van der Waals surface area contributed by atoms with E-state index in [0.29, 0.717) is 11.3 Å². The summed E-state index contributed by atoms with van der Waals surface area (Å²) in [6.07, 6.45) is 1.98. The maximum Gasteiger partial charge on any atom is 0.344 e. The van der Waals surface area contributed by atoms with Gasteiger partial charge in [0.2, 0.25) is 0 Å². The van der Waals surface area contributed by atoms with E-state index in [9.17, 15) is 4.79 Å². The minimum absolute atomic E-state index is 0.00701. The van der Waals surface area contributed by atoms with Gasteiger partial charge in [-0.25, -0.2) is 4.79 Å². The van der Waals surface area contributed by atoms with Crippen LogP contribution in [-0.4, -0.2) is 5.97 Å². The normalized spacial score (nSPS) is 17.8. The summed E-state index contributed by atoms with van der Waals surface area (Å²) in [6.45, 7) is 6.23. The van der Waals surface area contributed by atoms with E-state index in [1.54, 1.807) is 6.07 Å². The second kappa shape index (κ2) is 3.23. The van der Waals surface area contributed by atoms with Crippen LogP contribution in [0.2, 0.25) is 0 Å². The van der Waals surface area contributed by atoms with E-state index in [1.165, 1.54) is 0 Å². The largest absolute Gasteiger partial charge is 0.423 e. The summed E-state index contributed by atoms with van der Waals surface area (Å²) in [5.41, 5.74) is 1.57. The van der Waals surface area contributed by atoms with Gasteiger partial charge in [-0.3, -0.25) is 0 Å². The molecule has 2 rings (SSSR count). The topological polar surface area (TPSA) is 26.3 Å². The van der Waals surface area contributed by atoms with E-state index < -0.39 is 0 Å².